The average molecular weight is 164 g/mol. The van der Waals surface area contributed by atoms with Gasteiger partial charge in [0.15, 0.2) is 0 Å². The predicted molar refractivity (Wildman–Crippen MR) is 45.5 cm³/mol. The van der Waals surface area contributed by atoms with Crippen LogP contribution in [0.2, 0.25) is 0 Å². The summed E-state index contributed by atoms with van der Waals surface area (Å²) in [5.41, 5.74) is 0. The van der Waals surface area contributed by atoms with Crippen molar-refractivity contribution in [3.63, 3.8) is 0 Å². The fraction of sp³-hybridized carbons (Fsp3) is 1.00. The molecule has 1 unspecified atom stereocenters. The molecule has 0 saturated heterocycles. The summed E-state index contributed by atoms with van der Waals surface area (Å²) in [6.07, 6.45) is 5.29. The van der Waals surface area contributed by atoms with E-state index in [9.17, 15) is 0 Å². The third-order valence-corrected chi connectivity index (χ3v) is 2.41. The number of aliphatic hydroxyl groups is 1. The van der Waals surface area contributed by atoms with Gasteiger partial charge in [-0.3, -0.25) is 0 Å². The molecule has 0 spiro atoms. The summed E-state index contributed by atoms with van der Waals surface area (Å²) in [7, 11) is 0. The van der Waals surface area contributed by atoms with E-state index in [4.69, 9.17) is 5.11 Å². The smallest absolute Gasteiger partial charge is 0.0587 e. The maximum absolute atomic E-state index is 8.95. The van der Waals surface area contributed by atoms with E-state index in [-0.39, 0.29) is 29.6 Å². The second-order valence-corrected chi connectivity index (χ2v) is 3.57. The van der Waals surface area contributed by atoms with Crippen LogP contribution in [0.5, 0.6) is 0 Å². The Hall–Kier alpha value is 0.920. The number of hydrogen-bond donors (Lipinski definition) is 2. The Kier molecular flexibility index (Phi) is 3.86. The summed E-state index contributed by atoms with van der Waals surface area (Å²) in [5, 5.41) is 12.4. The van der Waals surface area contributed by atoms with Crippen molar-refractivity contribution < 1.29 is 5.11 Å². The van der Waals surface area contributed by atoms with Gasteiger partial charge in [0.05, 0.1) is 6.61 Å². The summed E-state index contributed by atoms with van der Waals surface area (Å²) in [6.45, 7) is 0.334. The van der Waals surface area contributed by atoms with Crippen LogP contribution >= 0.6 is 0 Å². The molecule has 11 heavy (non-hydrogen) atoms. The zero-order chi connectivity index (χ0) is 6.97. The Labute approximate surface area is 90.0 Å². The second-order valence-electron chi connectivity index (χ2n) is 3.57. The van der Waals surface area contributed by atoms with Crippen LogP contribution in [0, 0.1) is 5.92 Å². The molecule has 0 bridgehead atoms. The van der Waals surface area contributed by atoms with Crippen LogP contribution in [0.25, 0.3) is 0 Å². The molecular formula is C8H15NNaO. The molecule has 0 heterocycles. The first-order valence-corrected chi connectivity index (χ1v) is 4.27. The second kappa shape index (κ2) is 4.24. The number of nitrogens with one attached hydrogen (secondary N) is 1. The molecule has 2 fully saturated rings. The Balaban J connectivity index is 0.000000605. The minimum absolute atomic E-state index is 0. The van der Waals surface area contributed by atoms with Gasteiger partial charge in [0, 0.05) is 41.6 Å². The van der Waals surface area contributed by atoms with Crippen molar-refractivity contribution in [2.75, 3.05) is 6.61 Å². The van der Waals surface area contributed by atoms with Crippen molar-refractivity contribution in [1.29, 1.82) is 0 Å². The molecule has 59 valence electrons. The molecule has 2 aliphatic rings. The number of aliphatic hydroxyl groups excluding tert-OH is 1. The van der Waals surface area contributed by atoms with Gasteiger partial charge in [-0.05, 0) is 31.6 Å². The van der Waals surface area contributed by atoms with Crippen molar-refractivity contribution >= 4 is 29.6 Å². The van der Waals surface area contributed by atoms with Gasteiger partial charge in [-0.1, -0.05) is 0 Å². The topological polar surface area (TPSA) is 32.3 Å². The van der Waals surface area contributed by atoms with Crippen LogP contribution in [0.1, 0.15) is 25.7 Å². The minimum Gasteiger partial charge on any atom is -0.395 e. The summed E-state index contributed by atoms with van der Waals surface area (Å²) in [4.78, 5) is 0. The summed E-state index contributed by atoms with van der Waals surface area (Å²) < 4.78 is 0. The van der Waals surface area contributed by atoms with Crippen LogP contribution < -0.4 is 5.32 Å². The fourth-order valence-electron chi connectivity index (χ4n) is 1.39. The molecule has 1 atom stereocenters. The van der Waals surface area contributed by atoms with E-state index in [0.717, 1.165) is 12.0 Å². The SMILES string of the molecule is OCC(NC1CC1)C1CC1.[Na]. The van der Waals surface area contributed by atoms with Crippen LogP contribution in [0.15, 0.2) is 0 Å². The van der Waals surface area contributed by atoms with Gasteiger partial charge in [0.1, 0.15) is 0 Å². The summed E-state index contributed by atoms with van der Waals surface area (Å²) >= 11 is 0. The van der Waals surface area contributed by atoms with Gasteiger partial charge in [-0.2, -0.15) is 0 Å². The Morgan fingerprint density at radius 1 is 1.27 bits per heavy atom. The van der Waals surface area contributed by atoms with Gasteiger partial charge >= 0.3 is 0 Å². The van der Waals surface area contributed by atoms with E-state index in [1.54, 1.807) is 0 Å². The summed E-state index contributed by atoms with van der Waals surface area (Å²) in [5.74, 6) is 0.797. The Morgan fingerprint density at radius 3 is 2.27 bits per heavy atom. The van der Waals surface area contributed by atoms with Gasteiger partial charge in [-0.25, -0.2) is 0 Å². The number of rotatable bonds is 4. The quantitative estimate of drug-likeness (QED) is 0.579. The molecule has 0 amide bonds. The van der Waals surface area contributed by atoms with Gasteiger partial charge in [0.25, 0.3) is 0 Å². The molecule has 0 aliphatic heterocycles. The van der Waals surface area contributed by atoms with Gasteiger partial charge in [-0.15, -0.1) is 0 Å². The minimum atomic E-state index is 0. The Morgan fingerprint density at radius 2 is 1.91 bits per heavy atom. The standard InChI is InChI=1S/C8H15NO.Na/c10-5-8(6-1-2-6)9-7-3-4-7;/h6-10H,1-5H2;. The van der Waals surface area contributed by atoms with E-state index in [2.05, 4.69) is 5.32 Å². The van der Waals surface area contributed by atoms with Crippen LogP contribution in [0.4, 0.5) is 0 Å². The van der Waals surface area contributed by atoms with Crippen LogP contribution in [0.3, 0.4) is 0 Å². The molecule has 3 heteroatoms. The first-order valence-electron chi connectivity index (χ1n) is 4.27. The van der Waals surface area contributed by atoms with Crippen molar-refractivity contribution in [3.05, 3.63) is 0 Å². The monoisotopic (exact) mass is 164 g/mol. The van der Waals surface area contributed by atoms with Crippen LogP contribution in [-0.4, -0.2) is 53.4 Å². The molecular weight excluding hydrogens is 149 g/mol. The average Bonchev–Trinajstić information content (AvgIpc) is 2.76. The first-order chi connectivity index (χ1) is 4.90. The third kappa shape index (κ3) is 3.03. The zero-order valence-corrected chi connectivity index (χ0v) is 9.21. The van der Waals surface area contributed by atoms with E-state index in [1.165, 1.54) is 25.7 Å². The molecule has 2 nitrogen and oxygen atoms in total. The van der Waals surface area contributed by atoms with Gasteiger partial charge in [0.2, 0.25) is 0 Å². The molecule has 2 aliphatic carbocycles. The maximum atomic E-state index is 8.95. The maximum Gasteiger partial charge on any atom is 0.0587 e. The Bertz CT molecular complexity index is 123. The molecule has 0 aromatic heterocycles. The van der Waals surface area contributed by atoms with E-state index < -0.39 is 0 Å². The van der Waals surface area contributed by atoms with E-state index >= 15 is 0 Å². The largest absolute Gasteiger partial charge is 0.395 e. The van der Waals surface area contributed by atoms with Gasteiger partial charge < -0.3 is 10.4 Å². The molecule has 0 aromatic carbocycles. The summed E-state index contributed by atoms with van der Waals surface area (Å²) in [6, 6.07) is 1.17. The van der Waals surface area contributed by atoms with Crippen molar-refractivity contribution in [1.82, 2.24) is 5.32 Å². The molecule has 0 aromatic rings. The normalized spacial score (nSPS) is 25.9. The van der Waals surface area contributed by atoms with Crippen molar-refractivity contribution in [3.8, 4) is 0 Å². The van der Waals surface area contributed by atoms with Crippen LogP contribution in [-0.2, 0) is 0 Å². The number of hydrogen-bond acceptors (Lipinski definition) is 2. The van der Waals surface area contributed by atoms with E-state index in [1.807, 2.05) is 0 Å². The molecule has 1 radical (unpaired) electrons. The molecule has 2 N–H and O–H groups in total. The third-order valence-electron chi connectivity index (χ3n) is 2.41. The first kappa shape index (κ1) is 10.0. The predicted octanol–water partition coefficient (Wildman–Crippen LogP) is 0.128. The van der Waals surface area contributed by atoms with E-state index in [0.29, 0.717) is 12.6 Å². The molecule has 2 rings (SSSR count). The molecule has 2 saturated carbocycles. The fourth-order valence-corrected chi connectivity index (χ4v) is 1.39. The zero-order valence-electron chi connectivity index (χ0n) is 7.21. The van der Waals surface area contributed by atoms with Crippen molar-refractivity contribution in [2.45, 2.75) is 37.8 Å². The van der Waals surface area contributed by atoms with Crippen molar-refractivity contribution in [2.24, 2.45) is 5.92 Å².